The Morgan fingerprint density at radius 1 is 1.28 bits per heavy atom. The first kappa shape index (κ1) is 26.4. The molecule has 0 spiro atoms. The smallest absolute Gasteiger partial charge is 0.269 e. The van der Waals surface area contributed by atoms with Crippen molar-refractivity contribution in [2.24, 2.45) is 10.4 Å². The van der Waals surface area contributed by atoms with Gasteiger partial charge in [-0.15, -0.1) is 0 Å². The fourth-order valence-corrected chi connectivity index (χ4v) is 5.83. The summed E-state index contributed by atoms with van der Waals surface area (Å²) in [6, 6.07) is 7.82. The normalized spacial score (nSPS) is 19.2. The van der Waals surface area contributed by atoms with E-state index in [1.54, 1.807) is 0 Å². The Morgan fingerprint density at radius 2 is 1.97 bits per heavy atom. The van der Waals surface area contributed by atoms with Gasteiger partial charge < -0.3 is 9.32 Å². The van der Waals surface area contributed by atoms with Gasteiger partial charge in [-0.2, -0.15) is 8.42 Å². The maximum Gasteiger partial charge on any atom is 0.269 e. The van der Waals surface area contributed by atoms with E-state index in [4.69, 9.17) is 9.40 Å². The van der Waals surface area contributed by atoms with Gasteiger partial charge >= 0.3 is 0 Å². The highest BCUT2D eigenvalue weighted by molar-refractivity contribution is 7.86. The van der Waals surface area contributed by atoms with Crippen LogP contribution in [0.2, 0.25) is 0 Å². The fourth-order valence-electron chi connectivity index (χ4n) is 5.20. The fraction of sp³-hybridized carbons (Fsp3) is 0.500. The van der Waals surface area contributed by atoms with Crippen LogP contribution in [0, 0.1) is 5.41 Å². The number of aromatic nitrogens is 1. The maximum absolute atomic E-state index is 11.9. The Morgan fingerprint density at radius 3 is 2.58 bits per heavy atom. The number of nitrogens with zero attached hydrogens (tertiary/aromatic N) is 3. The van der Waals surface area contributed by atoms with Crippen LogP contribution in [-0.2, 0) is 10.1 Å². The van der Waals surface area contributed by atoms with Gasteiger partial charge in [-0.3, -0.25) is 9.55 Å². The van der Waals surface area contributed by atoms with Crippen LogP contribution in [0.5, 0.6) is 0 Å². The van der Waals surface area contributed by atoms with Crippen molar-refractivity contribution in [3.63, 3.8) is 0 Å². The molecule has 2 heterocycles. The predicted octanol–water partition coefficient (Wildman–Crippen LogP) is 5.89. The Hall–Kier alpha value is -2.71. The van der Waals surface area contributed by atoms with Crippen LogP contribution < -0.4 is 10.3 Å². The van der Waals surface area contributed by atoms with E-state index in [0.717, 1.165) is 17.6 Å². The molecule has 1 N–H and O–H groups in total. The summed E-state index contributed by atoms with van der Waals surface area (Å²) in [5, 5.41) is 0.610. The summed E-state index contributed by atoms with van der Waals surface area (Å²) in [5.74, 6) is 0.455. The third kappa shape index (κ3) is 5.34. The lowest BCUT2D eigenvalue weighted by Crippen LogP contribution is -2.45. The molecule has 0 saturated carbocycles. The van der Waals surface area contributed by atoms with Gasteiger partial charge in [-0.1, -0.05) is 33.8 Å². The van der Waals surface area contributed by atoms with Crippen molar-refractivity contribution in [3.05, 3.63) is 46.8 Å². The Labute approximate surface area is 214 Å². The van der Waals surface area contributed by atoms with Crippen molar-refractivity contribution in [3.8, 4) is 11.5 Å². The lowest BCUT2D eigenvalue weighted by atomic mass is 9.80. The highest BCUT2D eigenvalue weighted by Crippen LogP contribution is 2.44. The topological polar surface area (TPSA) is 96.0 Å². The van der Waals surface area contributed by atoms with Crippen molar-refractivity contribution < 1.29 is 17.4 Å². The van der Waals surface area contributed by atoms with Gasteiger partial charge in [0, 0.05) is 42.5 Å². The number of hydrogen-bond donors (Lipinski definition) is 1. The first-order valence-corrected chi connectivity index (χ1v) is 14.0. The molecule has 1 aromatic carbocycles. The average molecular weight is 512 g/mol. The molecule has 194 valence electrons. The summed E-state index contributed by atoms with van der Waals surface area (Å²) >= 11 is 0. The van der Waals surface area contributed by atoms with Gasteiger partial charge in [0.1, 0.15) is 17.0 Å². The molecule has 1 atom stereocenters. The third-order valence-corrected chi connectivity index (χ3v) is 7.55. The predicted molar refractivity (Wildman–Crippen MR) is 146 cm³/mol. The highest BCUT2D eigenvalue weighted by Gasteiger charge is 2.34. The van der Waals surface area contributed by atoms with E-state index in [0.29, 0.717) is 46.0 Å². The second kappa shape index (κ2) is 8.99. The van der Waals surface area contributed by atoms with Gasteiger partial charge in [-0.25, -0.2) is 4.98 Å². The number of rotatable bonds is 4. The summed E-state index contributed by atoms with van der Waals surface area (Å²) in [6.45, 7) is 15.1. The maximum atomic E-state index is 11.9. The molecule has 0 radical (unpaired) electrons. The van der Waals surface area contributed by atoms with Gasteiger partial charge in [-0.05, 0) is 61.8 Å². The summed E-state index contributed by atoms with van der Waals surface area (Å²) in [5.41, 5.74) is 5.29. The van der Waals surface area contributed by atoms with Crippen LogP contribution in [0.3, 0.4) is 0 Å². The van der Waals surface area contributed by atoms with Crippen molar-refractivity contribution in [2.45, 2.75) is 66.3 Å². The van der Waals surface area contributed by atoms with Gasteiger partial charge in [0.25, 0.3) is 10.1 Å². The monoisotopic (exact) mass is 511 g/mol. The van der Waals surface area contributed by atoms with E-state index in [1.807, 2.05) is 45.9 Å². The van der Waals surface area contributed by atoms with Crippen LogP contribution >= 0.6 is 0 Å². The highest BCUT2D eigenvalue weighted by atomic mass is 32.2. The van der Waals surface area contributed by atoms with Crippen LogP contribution in [0.1, 0.15) is 71.9 Å². The van der Waals surface area contributed by atoms with Gasteiger partial charge in [0.15, 0.2) is 11.3 Å². The van der Waals surface area contributed by atoms with Crippen molar-refractivity contribution in [1.29, 1.82) is 0 Å². The summed E-state index contributed by atoms with van der Waals surface area (Å²) in [7, 11) is -2.13. The molecule has 1 unspecified atom stereocenters. The standard InChI is InChI=1S/C28H37N3O4S/c1-9-29-21-12-25-23(11-20(21)18(15-27(3,4)5)16-36(32,33)34)30-22-10-19-17(2)14-28(6,7)31(8)24(19)13-26(22)35-25/h10-13,15,17H,9,14,16H2,1-8H3,(H,32,33,34)/b18-15-,29-21?. The average Bonchev–Trinajstić information content (AvgIpc) is 2.72. The van der Waals surface area contributed by atoms with E-state index in [1.165, 1.54) is 5.56 Å². The molecule has 7 nitrogen and oxygen atoms in total. The van der Waals surface area contributed by atoms with Crippen LogP contribution in [0.4, 0.5) is 5.69 Å². The van der Waals surface area contributed by atoms with Crippen LogP contribution in [0.15, 0.2) is 39.8 Å². The lowest BCUT2D eigenvalue weighted by Gasteiger charge is -2.45. The van der Waals surface area contributed by atoms with Gasteiger partial charge in [0.05, 0.1) is 5.36 Å². The van der Waals surface area contributed by atoms with Crippen molar-refractivity contribution >= 4 is 32.5 Å². The number of allylic oxidation sites excluding steroid dienone is 1. The zero-order chi connectivity index (χ0) is 26.6. The molecule has 0 saturated heterocycles. The summed E-state index contributed by atoms with van der Waals surface area (Å²) < 4.78 is 39.8. The summed E-state index contributed by atoms with van der Waals surface area (Å²) in [4.78, 5) is 11.8. The first-order valence-electron chi connectivity index (χ1n) is 12.4. The molecule has 1 aromatic rings. The largest absolute Gasteiger partial charge is 0.453 e. The molecule has 0 amide bonds. The second-order valence-electron chi connectivity index (χ2n) is 11.6. The van der Waals surface area contributed by atoms with Crippen LogP contribution in [-0.4, -0.2) is 42.8 Å². The minimum atomic E-state index is -4.25. The molecular weight excluding hydrogens is 474 g/mol. The number of anilines is 1. The third-order valence-electron chi connectivity index (χ3n) is 6.87. The SMILES string of the molecule is CCN=c1cc2oc3cc4c(cc3nc-2cc1/C(=C\C(C)(C)C)CS(=O)(=O)O)C(C)CC(C)(C)N4C. The molecule has 8 heteroatoms. The first-order chi connectivity index (χ1) is 16.6. The van der Waals surface area contributed by atoms with Crippen molar-refractivity contribution in [1.82, 2.24) is 4.98 Å². The van der Waals surface area contributed by atoms with E-state index in [-0.39, 0.29) is 11.0 Å². The quantitative estimate of drug-likeness (QED) is 0.346. The van der Waals surface area contributed by atoms with Crippen LogP contribution in [0.25, 0.3) is 28.1 Å². The molecular formula is C28H37N3O4S. The molecule has 0 bridgehead atoms. The molecule has 0 aromatic heterocycles. The molecule has 36 heavy (non-hydrogen) atoms. The second-order valence-corrected chi connectivity index (χ2v) is 13.1. The van der Waals surface area contributed by atoms with E-state index in [9.17, 15) is 13.0 Å². The zero-order valence-electron chi connectivity index (χ0n) is 22.5. The minimum absolute atomic E-state index is 0.0370. The zero-order valence-corrected chi connectivity index (χ0v) is 23.3. The van der Waals surface area contributed by atoms with E-state index >= 15 is 0 Å². The Bertz CT molecular complexity index is 1490. The number of hydrogen-bond acceptors (Lipinski definition) is 6. The van der Waals surface area contributed by atoms with Gasteiger partial charge in [0.2, 0.25) is 0 Å². The molecule has 2 aliphatic heterocycles. The Balaban J connectivity index is 1.99. The lowest BCUT2D eigenvalue weighted by molar-refractivity contribution is 0.395. The van der Waals surface area contributed by atoms with Crippen molar-refractivity contribution in [2.75, 3.05) is 24.2 Å². The molecule has 0 fully saturated rings. The number of fused-ring (bicyclic) bond motifs is 3. The minimum Gasteiger partial charge on any atom is -0.453 e. The molecule has 3 aliphatic rings. The number of benzene rings is 2. The molecule has 1 aliphatic carbocycles. The van der Waals surface area contributed by atoms with E-state index < -0.39 is 15.9 Å². The molecule has 4 rings (SSSR count). The summed E-state index contributed by atoms with van der Waals surface area (Å²) in [6.07, 6.45) is 2.90. The Kier molecular flexibility index (Phi) is 6.58. The van der Waals surface area contributed by atoms with E-state index in [2.05, 4.69) is 49.8 Å².